The SMILES string of the molecule is CCCCCCC(Cc1ccc(CC(C)(C)C)cc1)N=C(Nc1c(OC)cc(OC)cc1OC)C1=C(O)COC1=O. The summed E-state index contributed by atoms with van der Waals surface area (Å²) in [6, 6.07) is 12.0. The summed E-state index contributed by atoms with van der Waals surface area (Å²) in [5, 5.41) is 13.9. The van der Waals surface area contributed by atoms with E-state index in [2.05, 4.69) is 57.3 Å². The second kappa shape index (κ2) is 14.8. The van der Waals surface area contributed by atoms with Crippen LogP contribution in [0, 0.1) is 5.41 Å². The van der Waals surface area contributed by atoms with Gasteiger partial charge in [0.15, 0.2) is 0 Å². The summed E-state index contributed by atoms with van der Waals surface area (Å²) < 4.78 is 21.8. The van der Waals surface area contributed by atoms with Crippen LogP contribution < -0.4 is 19.5 Å². The number of hydrogen-bond donors (Lipinski definition) is 2. The molecule has 1 aliphatic rings. The molecule has 0 bridgehead atoms. The average molecular weight is 567 g/mol. The van der Waals surface area contributed by atoms with Crippen molar-refractivity contribution in [2.45, 2.75) is 78.7 Å². The molecule has 0 fully saturated rings. The number of ether oxygens (including phenoxy) is 4. The third-order valence-electron chi connectivity index (χ3n) is 6.96. The van der Waals surface area contributed by atoms with E-state index in [1.54, 1.807) is 19.2 Å². The predicted molar refractivity (Wildman–Crippen MR) is 164 cm³/mol. The molecule has 0 radical (unpaired) electrons. The first-order valence-electron chi connectivity index (χ1n) is 14.4. The monoisotopic (exact) mass is 566 g/mol. The number of nitrogens with one attached hydrogen (secondary N) is 1. The first kappa shape index (κ1) is 31.8. The molecule has 0 saturated carbocycles. The summed E-state index contributed by atoms with van der Waals surface area (Å²) in [5.74, 6) is 0.856. The number of benzene rings is 2. The Morgan fingerprint density at radius 3 is 2.15 bits per heavy atom. The van der Waals surface area contributed by atoms with Gasteiger partial charge in [-0.05, 0) is 35.8 Å². The van der Waals surface area contributed by atoms with Gasteiger partial charge in [-0.1, -0.05) is 77.6 Å². The minimum Gasteiger partial charge on any atom is -0.508 e. The normalized spacial score (nSPS) is 14.6. The van der Waals surface area contributed by atoms with Crippen LogP contribution in [0.25, 0.3) is 0 Å². The largest absolute Gasteiger partial charge is 0.508 e. The summed E-state index contributed by atoms with van der Waals surface area (Å²) >= 11 is 0. The number of carbonyl (C=O) groups excluding carboxylic acids is 1. The van der Waals surface area contributed by atoms with Crippen molar-refractivity contribution < 1.29 is 28.8 Å². The molecule has 41 heavy (non-hydrogen) atoms. The molecular weight excluding hydrogens is 520 g/mol. The van der Waals surface area contributed by atoms with Gasteiger partial charge in [-0.2, -0.15) is 0 Å². The summed E-state index contributed by atoms with van der Waals surface area (Å²) in [6.07, 6.45) is 6.91. The number of unbranched alkanes of at least 4 members (excludes halogenated alkanes) is 3. The van der Waals surface area contributed by atoms with Gasteiger partial charge in [-0.15, -0.1) is 0 Å². The van der Waals surface area contributed by atoms with Gasteiger partial charge in [0.2, 0.25) is 0 Å². The lowest BCUT2D eigenvalue weighted by molar-refractivity contribution is -0.135. The maximum Gasteiger partial charge on any atom is 0.345 e. The van der Waals surface area contributed by atoms with Crippen molar-refractivity contribution in [2.24, 2.45) is 10.4 Å². The predicted octanol–water partition coefficient (Wildman–Crippen LogP) is 7.06. The zero-order valence-corrected chi connectivity index (χ0v) is 25.6. The number of aliphatic hydroxyl groups is 1. The number of hydrogen-bond acceptors (Lipinski definition) is 7. The summed E-state index contributed by atoms with van der Waals surface area (Å²) in [4.78, 5) is 17.8. The third-order valence-corrected chi connectivity index (χ3v) is 6.96. The fourth-order valence-corrected chi connectivity index (χ4v) is 4.92. The second-order valence-corrected chi connectivity index (χ2v) is 11.7. The van der Waals surface area contributed by atoms with Crippen LogP contribution in [0.5, 0.6) is 17.2 Å². The van der Waals surface area contributed by atoms with Crippen LogP contribution in [0.15, 0.2) is 52.7 Å². The lowest BCUT2D eigenvalue weighted by Gasteiger charge is -2.20. The number of esters is 1. The summed E-state index contributed by atoms with van der Waals surface area (Å²) in [7, 11) is 4.64. The minimum atomic E-state index is -0.628. The highest BCUT2D eigenvalue weighted by atomic mass is 16.5. The summed E-state index contributed by atoms with van der Waals surface area (Å²) in [5.41, 5.74) is 3.16. The fourth-order valence-electron chi connectivity index (χ4n) is 4.92. The zero-order chi connectivity index (χ0) is 30.0. The van der Waals surface area contributed by atoms with Crippen molar-refractivity contribution in [3.05, 3.63) is 58.9 Å². The van der Waals surface area contributed by atoms with Gasteiger partial charge in [0.1, 0.15) is 46.7 Å². The van der Waals surface area contributed by atoms with E-state index in [0.717, 1.165) is 44.1 Å². The molecule has 1 atom stereocenters. The number of aliphatic imine (C=N–C) groups is 1. The van der Waals surface area contributed by atoms with Crippen LogP contribution in [0.3, 0.4) is 0 Å². The smallest absolute Gasteiger partial charge is 0.345 e. The Bertz CT molecular complexity index is 1200. The molecule has 1 unspecified atom stereocenters. The molecule has 224 valence electrons. The number of rotatable bonds is 14. The highest BCUT2D eigenvalue weighted by Gasteiger charge is 2.31. The Hall–Kier alpha value is -3.68. The van der Waals surface area contributed by atoms with Gasteiger partial charge in [-0.3, -0.25) is 4.99 Å². The molecule has 1 heterocycles. The molecule has 2 aromatic carbocycles. The van der Waals surface area contributed by atoms with E-state index in [1.165, 1.54) is 19.8 Å². The molecule has 2 aromatic rings. The zero-order valence-electron chi connectivity index (χ0n) is 25.6. The summed E-state index contributed by atoms with van der Waals surface area (Å²) in [6.45, 7) is 8.71. The Morgan fingerprint density at radius 2 is 1.63 bits per heavy atom. The number of carbonyl (C=O) groups is 1. The molecule has 0 aromatic heterocycles. The van der Waals surface area contributed by atoms with Crippen LogP contribution in [-0.2, 0) is 22.4 Å². The Labute approximate surface area is 244 Å². The van der Waals surface area contributed by atoms with E-state index < -0.39 is 5.97 Å². The van der Waals surface area contributed by atoms with Crippen molar-refractivity contribution >= 4 is 17.5 Å². The van der Waals surface area contributed by atoms with Gasteiger partial charge in [0.05, 0.1) is 27.4 Å². The van der Waals surface area contributed by atoms with Crippen molar-refractivity contribution in [3.8, 4) is 17.2 Å². The molecule has 0 amide bonds. The maximum atomic E-state index is 12.8. The van der Waals surface area contributed by atoms with Crippen LogP contribution in [0.4, 0.5) is 5.69 Å². The van der Waals surface area contributed by atoms with Gasteiger partial charge >= 0.3 is 5.97 Å². The van der Waals surface area contributed by atoms with Gasteiger partial charge < -0.3 is 29.4 Å². The van der Waals surface area contributed by atoms with Crippen LogP contribution in [0.1, 0.15) is 70.9 Å². The van der Waals surface area contributed by atoms with Gasteiger partial charge in [-0.25, -0.2) is 4.79 Å². The van der Waals surface area contributed by atoms with Crippen molar-refractivity contribution in [1.82, 2.24) is 0 Å². The molecule has 0 spiro atoms. The van der Waals surface area contributed by atoms with E-state index in [1.807, 2.05) is 0 Å². The molecule has 8 nitrogen and oxygen atoms in total. The Balaban J connectivity index is 2.02. The van der Waals surface area contributed by atoms with Gasteiger partial charge in [0.25, 0.3) is 0 Å². The molecule has 0 saturated heterocycles. The van der Waals surface area contributed by atoms with E-state index in [-0.39, 0.29) is 35.2 Å². The number of amidine groups is 1. The van der Waals surface area contributed by atoms with Gasteiger partial charge in [0, 0.05) is 12.1 Å². The van der Waals surface area contributed by atoms with Crippen molar-refractivity contribution in [3.63, 3.8) is 0 Å². The van der Waals surface area contributed by atoms with E-state index in [0.29, 0.717) is 29.4 Å². The number of cyclic esters (lactones) is 1. The average Bonchev–Trinajstić information content (AvgIpc) is 3.28. The lowest BCUT2D eigenvalue weighted by atomic mass is 9.87. The molecule has 8 heteroatoms. The van der Waals surface area contributed by atoms with E-state index in [9.17, 15) is 9.90 Å². The maximum absolute atomic E-state index is 12.8. The van der Waals surface area contributed by atoms with Crippen LogP contribution in [-0.4, -0.2) is 50.9 Å². The first-order valence-corrected chi connectivity index (χ1v) is 14.4. The number of aliphatic hydroxyl groups excluding tert-OH is 1. The van der Waals surface area contributed by atoms with Crippen LogP contribution in [0.2, 0.25) is 0 Å². The van der Waals surface area contributed by atoms with Crippen molar-refractivity contribution in [1.29, 1.82) is 0 Å². The number of nitrogens with zero attached hydrogens (tertiary/aromatic N) is 1. The van der Waals surface area contributed by atoms with E-state index in [4.69, 9.17) is 23.9 Å². The van der Waals surface area contributed by atoms with Crippen LogP contribution >= 0.6 is 0 Å². The third kappa shape index (κ3) is 9.17. The molecule has 3 rings (SSSR count). The Morgan fingerprint density at radius 1 is 1.00 bits per heavy atom. The molecule has 2 N–H and O–H groups in total. The minimum absolute atomic E-state index is 0.0176. The Kier molecular flexibility index (Phi) is 11.5. The quantitative estimate of drug-likeness (QED) is 0.109. The number of anilines is 1. The number of methoxy groups -OCH3 is 3. The fraction of sp³-hybridized carbons (Fsp3) is 0.515. The topological polar surface area (TPSA) is 98.6 Å². The highest BCUT2D eigenvalue weighted by molar-refractivity contribution is 6.25. The second-order valence-electron chi connectivity index (χ2n) is 11.7. The molecular formula is C33H46N2O6. The lowest BCUT2D eigenvalue weighted by Crippen LogP contribution is -2.24. The standard InChI is InChI=1S/C33H46N2O6/c1-8-9-10-11-12-24(17-22-13-15-23(16-14-22)20-33(2,3)4)34-31(29-26(36)21-41-32(29)37)35-30-27(39-6)18-25(38-5)19-28(30)40-7/h13-16,18-19,24,36H,8-12,17,20-21H2,1-7H3,(H,34,35). The first-order chi connectivity index (χ1) is 19.6. The van der Waals surface area contributed by atoms with E-state index >= 15 is 0 Å². The molecule has 1 aliphatic heterocycles. The molecule has 0 aliphatic carbocycles. The van der Waals surface area contributed by atoms with Crippen molar-refractivity contribution in [2.75, 3.05) is 33.3 Å². The highest BCUT2D eigenvalue weighted by Crippen LogP contribution is 2.39.